The molecule has 0 atom stereocenters. The van der Waals surface area contributed by atoms with Gasteiger partial charge in [0.1, 0.15) is 11.5 Å². The summed E-state index contributed by atoms with van der Waals surface area (Å²) in [6.07, 6.45) is 0.573. The zero-order valence-corrected chi connectivity index (χ0v) is 8.82. The van der Waals surface area contributed by atoms with E-state index in [4.69, 9.17) is 10.2 Å². The first-order valence-electron chi connectivity index (χ1n) is 4.61. The summed E-state index contributed by atoms with van der Waals surface area (Å²) in [7, 11) is 1.53. The highest BCUT2D eigenvalue weighted by Gasteiger charge is 2.14. The lowest BCUT2D eigenvalue weighted by atomic mass is 10.3. The largest absolute Gasteiger partial charge is 0.466 e. The van der Waals surface area contributed by atoms with Gasteiger partial charge >= 0.3 is 11.8 Å². The van der Waals surface area contributed by atoms with Crippen molar-refractivity contribution < 1.29 is 14.0 Å². The average Bonchev–Trinajstić information content (AvgIpc) is 2.59. The van der Waals surface area contributed by atoms with E-state index in [0.29, 0.717) is 13.0 Å². The number of nitrogens with two attached hydrogens (primary N) is 1. The Kier molecular flexibility index (Phi) is 3.49. The predicted molar refractivity (Wildman–Crippen MR) is 54.0 cm³/mol. The fourth-order valence-electron chi connectivity index (χ4n) is 1.19. The van der Waals surface area contributed by atoms with Gasteiger partial charge in [-0.3, -0.25) is 9.59 Å². The van der Waals surface area contributed by atoms with Gasteiger partial charge in [-0.15, -0.1) is 0 Å². The maximum Gasteiger partial charge on any atom is 0.311 e. The van der Waals surface area contributed by atoms with Crippen LogP contribution < -0.4 is 5.73 Å². The summed E-state index contributed by atoms with van der Waals surface area (Å²) in [6.45, 7) is 2.26. The van der Waals surface area contributed by atoms with Gasteiger partial charge in [0.05, 0.1) is 0 Å². The van der Waals surface area contributed by atoms with Crippen molar-refractivity contribution in [3.05, 3.63) is 23.7 Å². The summed E-state index contributed by atoms with van der Waals surface area (Å²) in [4.78, 5) is 22.9. The molecule has 1 heterocycles. The molecule has 2 N–H and O–H groups in total. The molecule has 15 heavy (non-hydrogen) atoms. The number of carbonyl (C=O) groups is 2. The Balaban J connectivity index is 2.44. The van der Waals surface area contributed by atoms with Crippen molar-refractivity contribution >= 4 is 11.8 Å². The van der Waals surface area contributed by atoms with Crippen LogP contribution in [0.1, 0.15) is 11.5 Å². The van der Waals surface area contributed by atoms with Crippen LogP contribution in [0.4, 0.5) is 0 Å². The van der Waals surface area contributed by atoms with Gasteiger partial charge < -0.3 is 15.1 Å². The van der Waals surface area contributed by atoms with Crippen LogP contribution >= 0.6 is 0 Å². The highest BCUT2D eigenvalue weighted by atomic mass is 16.3. The first-order valence-corrected chi connectivity index (χ1v) is 4.61. The van der Waals surface area contributed by atoms with E-state index in [1.54, 1.807) is 0 Å². The van der Waals surface area contributed by atoms with Gasteiger partial charge in [0, 0.05) is 20.0 Å². The SMILES string of the molecule is Cc1ccc(CCN(C)C(=O)C(N)=O)o1. The minimum Gasteiger partial charge on any atom is -0.466 e. The molecule has 5 heteroatoms. The van der Waals surface area contributed by atoms with Crippen LogP contribution in [0.3, 0.4) is 0 Å². The third-order valence-electron chi connectivity index (χ3n) is 2.05. The van der Waals surface area contributed by atoms with Gasteiger partial charge in [0.25, 0.3) is 0 Å². The molecule has 0 saturated heterocycles. The standard InChI is InChI=1S/C10H14N2O3/c1-7-3-4-8(15-7)5-6-12(2)10(14)9(11)13/h3-4H,5-6H2,1-2H3,(H2,11,13). The van der Waals surface area contributed by atoms with Crippen molar-refractivity contribution in [1.29, 1.82) is 0 Å². The minimum absolute atomic E-state index is 0.411. The van der Waals surface area contributed by atoms with Crippen molar-refractivity contribution in [3.8, 4) is 0 Å². The van der Waals surface area contributed by atoms with Gasteiger partial charge in [-0.2, -0.15) is 0 Å². The first-order chi connectivity index (χ1) is 7.00. The van der Waals surface area contributed by atoms with Crippen LogP contribution in [0.15, 0.2) is 16.5 Å². The van der Waals surface area contributed by atoms with E-state index in [9.17, 15) is 9.59 Å². The van der Waals surface area contributed by atoms with E-state index in [1.165, 1.54) is 11.9 Å². The number of carbonyl (C=O) groups excluding carboxylic acids is 2. The van der Waals surface area contributed by atoms with Crippen molar-refractivity contribution in [3.63, 3.8) is 0 Å². The third kappa shape index (κ3) is 3.12. The second-order valence-electron chi connectivity index (χ2n) is 3.35. The van der Waals surface area contributed by atoms with E-state index in [0.717, 1.165) is 11.5 Å². The van der Waals surface area contributed by atoms with Gasteiger partial charge in [-0.25, -0.2) is 0 Å². The summed E-state index contributed by atoms with van der Waals surface area (Å²) < 4.78 is 5.32. The van der Waals surface area contributed by atoms with Gasteiger partial charge in [-0.05, 0) is 19.1 Å². The van der Waals surface area contributed by atoms with Crippen LogP contribution in [0.5, 0.6) is 0 Å². The summed E-state index contributed by atoms with van der Waals surface area (Å²) >= 11 is 0. The number of rotatable bonds is 3. The molecule has 0 aromatic carbocycles. The maximum absolute atomic E-state index is 11.1. The van der Waals surface area contributed by atoms with Crippen molar-refractivity contribution in [2.75, 3.05) is 13.6 Å². The Bertz CT molecular complexity index is 370. The lowest BCUT2D eigenvalue weighted by Gasteiger charge is -2.13. The molecule has 0 fully saturated rings. The van der Waals surface area contributed by atoms with Gasteiger partial charge in [0.2, 0.25) is 0 Å². The van der Waals surface area contributed by atoms with E-state index in [2.05, 4.69) is 0 Å². The third-order valence-corrected chi connectivity index (χ3v) is 2.05. The molecule has 0 spiro atoms. The Labute approximate surface area is 87.8 Å². The van der Waals surface area contributed by atoms with E-state index in [-0.39, 0.29) is 0 Å². The molecule has 0 saturated carbocycles. The Morgan fingerprint density at radius 2 is 2.13 bits per heavy atom. The first kappa shape index (κ1) is 11.3. The molecule has 0 bridgehead atoms. The average molecular weight is 210 g/mol. The van der Waals surface area contributed by atoms with Crippen molar-refractivity contribution in [2.24, 2.45) is 5.73 Å². The lowest BCUT2D eigenvalue weighted by Crippen LogP contribution is -2.38. The van der Waals surface area contributed by atoms with Crippen molar-refractivity contribution in [1.82, 2.24) is 4.90 Å². The number of furan rings is 1. The molecule has 0 aliphatic heterocycles. The molecule has 82 valence electrons. The number of aryl methyl sites for hydroxylation is 1. The quantitative estimate of drug-likeness (QED) is 0.717. The second-order valence-corrected chi connectivity index (χ2v) is 3.35. The Morgan fingerprint density at radius 1 is 1.47 bits per heavy atom. The fraction of sp³-hybridized carbons (Fsp3) is 0.400. The molecule has 0 aliphatic carbocycles. The Hall–Kier alpha value is -1.78. The molecular weight excluding hydrogens is 196 g/mol. The van der Waals surface area contributed by atoms with E-state index < -0.39 is 11.8 Å². The van der Waals surface area contributed by atoms with E-state index >= 15 is 0 Å². The van der Waals surface area contributed by atoms with Gasteiger partial charge in [0.15, 0.2) is 0 Å². The van der Waals surface area contributed by atoms with Crippen molar-refractivity contribution in [2.45, 2.75) is 13.3 Å². The number of likely N-dealkylation sites (N-methyl/N-ethyl adjacent to an activating group) is 1. The summed E-state index contributed by atoms with van der Waals surface area (Å²) in [5.41, 5.74) is 4.86. The zero-order valence-electron chi connectivity index (χ0n) is 8.82. The van der Waals surface area contributed by atoms with Crippen LogP contribution in [0.2, 0.25) is 0 Å². The van der Waals surface area contributed by atoms with E-state index in [1.807, 2.05) is 19.1 Å². The molecule has 0 unspecified atom stereocenters. The number of amides is 2. The predicted octanol–water partition coefficient (Wildman–Crippen LogP) is 0.0742. The number of hydrogen-bond acceptors (Lipinski definition) is 3. The minimum atomic E-state index is -0.937. The molecule has 0 aliphatic rings. The molecule has 5 nitrogen and oxygen atoms in total. The van der Waals surface area contributed by atoms with Crippen LogP contribution in [0, 0.1) is 6.92 Å². The molecule has 2 amide bonds. The normalized spacial score (nSPS) is 10.0. The summed E-state index contributed by atoms with van der Waals surface area (Å²) in [6, 6.07) is 3.70. The van der Waals surface area contributed by atoms with Crippen LogP contribution in [0.25, 0.3) is 0 Å². The fourth-order valence-corrected chi connectivity index (χ4v) is 1.19. The topological polar surface area (TPSA) is 76.5 Å². The molecule has 1 rings (SSSR count). The Morgan fingerprint density at radius 3 is 2.60 bits per heavy atom. The highest BCUT2D eigenvalue weighted by molar-refractivity contribution is 6.34. The number of nitrogens with zero attached hydrogens (tertiary/aromatic N) is 1. The van der Waals surface area contributed by atoms with Crippen LogP contribution in [-0.2, 0) is 16.0 Å². The number of hydrogen-bond donors (Lipinski definition) is 1. The van der Waals surface area contributed by atoms with Crippen LogP contribution in [-0.4, -0.2) is 30.3 Å². The highest BCUT2D eigenvalue weighted by Crippen LogP contribution is 2.07. The number of primary amides is 1. The molecule has 0 radical (unpaired) electrons. The smallest absolute Gasteiger partial charge is 0.311 e. The second kappa shape index (κ2) is 4.63. The summed E-state index contributed by atoms with van der Waals surface area (Å²) in [5.74, 6) is -0.00287. The molecule has 1 aromatic heterocycles. The maximum atomic E-state index is 11.1. The lowest BCUT2D eigenvalue weighted by molar-refractivity contribution is -0.143. The monoisotopic (exact) mass is 210 g/mol. The summed E-state index contributed by atoms with van der Waals surface area (Å²) in [5, 5.41) is 0. The molecule has 1 aromatic rings. The molecular formula is C10H14N2O3. The zero-order chi connectivity index (χ0) is 11.4. The van der Waals surface area contributed by atoms with Gasteiger partial charge in [-0.1, -0.05) is 0 Å².